The van der Waals surface area contributed by atoms with Gasteiger partial charge in [-0.2, -0.15) is 0 Å². The average Bonchev–Trinajstić information content (AvgIpc) is 2.80. The van der Waals surface area contributed by atoms with E-state index >= 15 is 0 Å². The van der Waals surface area contributed by atoms with E-state index < -0.39 is 11.5 Å². The summed E-state index contributed by atoms with van der Waals surface area (Å²) in [6, 6.07) is 17.0. The van der Waals surface area contributed by atoms with E-state index in [9.17, 15) is 9.59 Å². The maximum atomic E-state index is 13.1. The van der Waals surface area contributed by atoms with Crippen LogP contribution in [0.5, 0.6) is 0 Å². The molecule has 0 bridgehead atoms. The SMILES string of the molecule is Cn1c(=O)c(C(=O)N[C@H](CCN2CCOCC2)c2ccccc2)nc2ccccc21. The van der Waals surface area contributed by atoms with Crippen LogP contribution in [-0.2, 0) is 11.8 Å². The Morgan fingerprint density at radius 1 is 1.10 bits per heavy atom. The second-order valence-corrected chi connectivity index (χ2v) is 7.49. The normalized spacial score (nSPS) is 15.8. The molecule has 7 nitrogen and oxygen atoms in total. The van der Waals surface area contributed by atoms with Crippen molar-refractivity contribution in [3.63, 3.8) is 0 Å². The molecule has 0 saturated carbocycles. The van der Waals surface area contributed by atoms with Gasteiger partial charge in [-0.3, -0.25) is 14.5 Å². The number of hydrogen-bond donors (Lipinski definition) is 1. The lowest BCUT2D eigenvalue weighted by Gasteiger charge is -2.28. The van der Waals surface area contributed by atoms with Crippen molar-refractivity contribution in [2.45, 2.75) is 12.5 Å². The molecule has 3 aromatic rings. The summed E-state index contributed by atoms with van der Waals surface area (Å²) in [6.45, 7) is 4.09. The number of nitrogens with zero attached hydrogens (tertiary/aromatic N) is 3. The van der Waals surface area contributed by atoms with Gasteiger partial charge in [0.2, 0.25) is 0 Å². The van der Waals surface area contributed by atoms with E-state index in [1.165, 1.54) is 4.57 Å². The highest BCUT2D eigenvalue weighted by molar-refractivity contribution is 5.94. The third kappa shape index (κ3) is 4.42. The van der Waals surface area contributed by atoms with Crippen molar-refractivity contribution < 1.29 is 9.53 Å². The molecule has 1 amide bonds. The number of fused-ring (bicyclic) bond motifs is 1. The first-order chi connectivity index (χ1) is 14.6. The highest BCUT2D eigenvalue weighted by atomic mass is 16.5. The fraction of sp³-hybridized carbons (Fsp3) is 0.348. The minimum absolute atomic E-state index is 0.0801. The van der Waals surface area contributed by atoms with Crippen molar-refractivity contribution in [2.24, 2.45) is 7.05 Å². The molecule has 4 rings (SSSR count). The molecular formula is C23H26N4O3. The van der Waals surface area contributed by atoms with Crippen LogP contribution in [-0.4, -0.2) is 53.2 Å². The molecule has 0 spiro atoms. The predicted molar refractivity (Wildman–Crippen MR) is 116 cm³/mol. The second kappa shape index (κ2) is 9.19. The molecule has 1 aromatic heterocycles. The molecule has 1 atom stereocenters. The predicted octanol–water partition coefficient (Wildman–Crippen LogP) is 2.13. The van der Waals surface area contributed by atoms with Gasteiger partial charge >= 0.3 is 0 Å². The summed E-state index contributed by atoms with van der Waals surface area (Å²) >= 11 is 0. The minimum atomic E-state index is -0.447. The lowest BCUT2D eigenvalue weighted by molar-refractivity contribution is 0.0360. The lowest BCUT2D eigenvalue weighted by Crippen LogP contribution is -2.40. The number of carbonyl (C=O) groups excluding carboxylic acids is 1. The zero-order chi connectivity index (χ0) is 20.9. The van der Waals surface area contributed by atoms with E-state index in [4.69, 9.17) is 4.74 Å². The number of amides is 1. The zero-order valence-corrected chi connectivity index (χ0v) is 17.1. The summed E-state index contributed by atoms with van der Waals surface area (Å²) in [6.07, 6.45) is 0.740. The quantitative estimate of drug-likeness (QED) is 0.679. The summed E-state index contributed by atoms with van der Waals surface area (Å²) in [5, 5.41) is 3.05. The van der Waals surface area contributed by atoms with Crippen LogP contribution in [0.25, 0.3) is 11.0 Å². The molecule has 1 aliphatic rings. The standard InChI is InChI=1S/C23H26N4O3/c1-26-20-10-6-5-9-19(20)24-21(23(26)29)22(28)25-18(17-7-3-2-4-8-17)11-12-27-13-15-30-16-14-27/h2-10,18H,11-16H2,1H3,(H,25,28)/t18-/m1/s1. The van der Waals surface area contributed by atoms with Crippen molar-refractivity contribution >= 4 is 16.9 Å². The van der Waals surface area contributed by atoms with Crippen LogP contribution < -0.4 is 10.9 Å². The molecule has 0 radical (unpaired) electrons. The number of aryl methyl sites for hydroxylation is 1. The smallest absolute Gasteiger partial charge is 0.282 e. The topological polar surface area (TPSA) is 76.5 Å². The molecule has 30 heavy (non-hydrogen) atoms. The third-order valence-electron chi connectivity index (χ3n) is 5.54. The third-order valence-corrected chi connectivity index (χ3v) is 5.54. The summed E-state index contributed by atoms with van der Waals surface area (Å²) in [5.41, 5.74) is 1.85. The molecule has 0 unspecified atom stereocenters. The van der Waals surface area contributed by atoms with Crippen molar-refractivity contribution in [2.75, 3.05) is 32.8 Å². The maximum absolute atomic E-state index is 13.1. The van der Waals surface area contributed by atoms with Gasteiger partial charge in [0.15, 0.2) is 5.69 Å². The van der Waals surface area contributed by atoms with E-state index in [-0.39, 0.29) is 11.7 Å². The van der Waals surface area contributed by atoms with Gasteiger partial charge in [-0.15, -0.1) is 0 Å². The lowest BCUT2D eigenvalue weighted by atomic mass is 10.0. The van der Waals surface area contributed by atoms with Gasteiger partial charge in [-0.25, -0.2) is 4.98 Å². The highest BCUT2D eigenvalue weighted by Crippen LogP contribution is 2.18. The monoisotopic (exact) mass is 406 g/mol. The van der Waals surface area contributed by atoms with Crippen LogP contribution in [0.3, 0.4) is 0 Å². The summed E-state index contributed by atoms with van der Waals surface area (Å²) in [4.78, 5) is 32.5. The van der Waals surface area contributed by atoms with Gasteiger partial charge < -0.3 is 14.6 Å². The largest absolute Gasteiger partial charge is 0.379 e. The number of hydrogen-bond acceptors (Lipinski definition) is 5. The minimum Gasteiger partial charge on any atom is -0.379 e. The number of rotatable bonds is 6. The van der Waals surface area contributed by atoms with Gasteiger partial charge in [0.25, 0.3) is 11.5 Å². The van der Waals surface area contributed by atoms with Crippen molar-refractivity contribution in [1.29, 1.82) is 0 Å². The Hall–Kier alpha value is -3.03. The van der Waals surface area contributed by atoms with E-state index in [2.05, 4.69) is 15.2 Å². The number of carbonyl (C=O) groups is 1. The number of nitrogens with one attached hydrogen (secondary N) is 1. The number of para-hydroxylation sites is 2. The Morgan fingerprint density at radius 2 is 1.80 bits per heavy atom. The molecule has 1 aliphatic heterocycles. The number of ether oxygens (including phenoxy) is 1. The molecule has 2 heterocycles. The summed E-state index contributed by atoms with van der Waals surface area (Å²) < 4.78 is 6.89. The Balaban J connectivity index is 1.57. The van der Waals surface area contributed by atoms with E-state index in [1.807, 2.05) is 48.5 Å². The van der Waals surface area contributed by atoms with Crippen molar-refractivity contribution in [3.8, 4) is 0 Å². The fourth-order valence-corrected chi connectivity index (χ4v) is 3.80. The summed E-state index contributed by atoms with van der Waals surface area (Å²) in [5.74, 6) is -0.447. The van der Waals surface area contributed by atoms with Crippen LogP contribution in [0.4, 0.5) is 0 Å². The zero-order valence-electron chi connectivity index (χ0n) is 17.1. The van der Waals surface area contributed by atoms with Gasteiger partial charge in [0.1, 0.15) is 0 Å². The van der Waals surface area contributed by atoms with Crippen LogP contribution in [0.1, 0.15) is 28.5 Å². The average molecular weight is 406 g/mol. The van der Waals surface area contributed by atoms with Crippen LogP contribution in [0, 0.1) is 0 Å². The Labute approximate surface area is 175 Å². The first kappa shape index (κ1) is 20.3. The van der Waals surface area contributed by atoms with E-state index in [1.54, 1.807) is 13.1 Å². The van der Waals surface area contributed by atoms with Gasteiger partial charge in [-0.05, 0) is 24.1 Å². The maximum Gasteiger partial charge on any atom is 0.282 e. The molecule has 1 N–H and O–H groups in total. The molecule has 0 aliphatic carbocycles. The first-order valence-electron chi connectivity index (χ1n) is 10.2. The highest BCUT2D eigenvalue weighted by Gasteiger charge is 2.22. The molecule has 156 valence electrons. The van der Waals surface area contributed by atoms with Gasteiger partial charge in [0, 0.05) is 26.7 Å². The van der Waals surface area contributed by atoms with E-state index in [0.717, 1.165) is 44.8 Å². The fourth-order valence-electron chi connectivity index (χ4n) is 3.80. The van der Waals surface area contributed by atoms with Gasteiger partial charge in [0.05, 0.1) is 30.3 Å². The molecule has 7 heteroatoms. The Bertz CT molecular complexity index is 1070. The first-order valence-corrected chi connectivity index (χ1v) is 10.2. The molecule has 1 saturated heterocycles. The van der Waals surface area contributed by atoms with E-state index in [0.29, 0.717) is 11.0 Å². The van der Waals surface area contributed by atoms with Crippen LogP contribution >= 0.6 is 0 Å². The number of benzene rings is 2. The summed E-state index contributed by atoms with van der Waals surface area (Å²) in [7, 11) is 1.66. The second-order valence-electron chi connectivity index (χ2n) is 7.49. The van der Waals surface area contributed by atoms with Crippen molar-refractivity contribution in [3.05, 3.63) is 76.2 Å². The molecule has 1 fully saturated rings. The molecule has 2 aromatic carbocycles. The molecular weight excluding hydrogens is 380 g/mol. The number of morpholine rings is 1. The Morgan fingerprint density at radius 3 is 2.57 bits per heavy atom. The van der Waals surface area contributed by atoms with Crippen LogP contribution in [0.2, 0.25) is 0 Å². The Kier molecular flexibility index (Phi) is 6.21. The van der Waals surface area contributed by atoms with Crippen LogP contribution in [0.15, 0.2) is 59.4 Å². The number of aromatic nitrogens is 2. The van der Waals surface area contributed by atoms with Gasteiger partial charge in [-0.1, -0.05) is 42.5 Å². The van der Waals surface area contributed by atoms with Crippen molar-refractivity contribution in [1.82, 2.24) is 19.8 Å².